The number of rotatable bonds is 6. The number of morpholine rings is 1. The third kappa shape index (κ3) is 5.14. The molecule has 0 aliphatic carbocycles. The van der Waals surface area contributed by atoms with Crippen LogP contribution in [0.5, 0.6) is 0 Å². The summed E-state index contributed by atoms with van der Waals surface area (Å²) in [5.74, 6) is -0.242. The van der Waals surface area contributed by atoms with Crippen LogP contribution in [0.1, 0.15) is 16.7 Å². The summed E-state index contributed by atoms with van der Waals surface area (Å²) in [5, 5.41) is 5.94. The molecule has 156 valence electrons. The molecule has 1 fully saturated rings. The van der Waals surface area contributed by atoms with Gasteiger partial charge in [-0.05, 0) is 50.1 Å². The number of aryl methyl sites for hydroxylation is 3. The molecule has 2 aromatic carbocycles. The first-order valence-electron chi connectivity index (χ1n) is 9.57. The molecule has 1 aliphatic heterocycles. The number of sulfonamides is 1. The molecule has 1 saturated heterocycles. The van der Waals surface area contributed by atoms with Crippen LogP contribution in [0.3, 0.4) is 0 Å². The second kappa shape index (κ2) is 8.94. The maximum atomic E-state index is 12.9. The Hall–Kier alpha value is -2.42. The van der Waals surface area contributed by atoms with E-state index >= 15 is 0 Å². The van der Waals surface area contributed by atoms with Gasteiger partial charge in [-0.1, -0.05) is 23.8 Å². The molecule has 0 saturated carbocycles. The summed E-state index contributed by atoms with van der Waals surface area (Å²) in [6, 6.07) is 10.8. The van der Waals surface area contributed by atoms with E-state index in [1.165, 1.54) is 10.4 Å². The maximum absolute atomic E-state index is 12.9. The molecule has 1 amide bonds. The topological polar surface area (TPSA) is 87.7 Å². The summed E-state index contributed by atoms with van der Waals surface area (Å²) < 4.78 is 32.4. The Kier molecular flexibility index (Phi) is 6.56. The molecule has 0 aromatic heterocycles. The lowest BCUT2D eigenvalue weighted by Crippen LogP contribution is -2.40. The number of amides is 1. The second-order valence-electron chi connectivity index (χ2n) is 7.21. The Balaban J connectivity index is 1.70. The fourth-order valence-corrected chi connectivity index (χ4v) is 4.65. The highest BCUT2D eigenvalue weighted by Gasteiger charge is 2.26. The molecule has 0 atom stereocenters. The maximum Gasteiger partial charge on any atom is 0.243 e. The van der Waals surface area contributed by atoms with E-state index in [4.69, 9.17) is 4.74 Å². The summed E-state index contributed by atoms with van der Waals surface area (Å²) in [6.07, 6.45) is 0. The SMILES string of the molecule is Cc1ccc(NCC(=O)Nc2cc(S(=O)(=O)N3CCOCC3)ccc2C)c(C)c1. The van der Waals surface area contributed by atoms with Crippen LogP contribution in [-0.2, 0) is 19.6 Å². The van der Waals surface area contributed by atoms with Gasteiger partial charge in [-0.15, -0.1) is 0 Å². The lowest BCUT2D eigenvalue weighted by atomic mass is 10.1. The van der Waals surface area contributed by atoms with Gasteiger partial charge in [0.25, 0.3) is 0 Å². The fraction of sp³-hybridized carbons (Fsp3) is 0.381. The quantitative estimate of drug-likeness (QED) is 0.755. The molecule has 2 aromatic rings. The number of hydrogen-bond acceptors (Lipinski definition) is 5. The van der Waals surface area contributed by atoms with Crippen molar-refractivity contribution in [2.45, 2.75) is 25.7 Å². The molecule has 1 heterocycles. The number of carbonyl (C=O) groups is 1. The molecule has 8 heteroatoms. The highest BCUT2D eigenvalue weighted by Crippen LogP contribution is 2.24. The number of ether oxygens (including phenoxy) is 1. The van der Waals surface area contributed by atoms with Gasteiger partial charge >= 0.3 is 0 Å². The van der Waals surface area contributed by atoms with Crippen molar-refractivity contribution in [3.63, 3.8) is 0 Å². The third-order valence-corrected chi connectivity index (χ3v) is 6.81. The van der Waals surface area contributed by atoms with E-state index in [0.29, 0.717) is 32.0 Å². The van der Waals surface area contributed by atoms with Crippen molar-refractivity contribution in [1.82, 2.24) is 4.31 Å². The van der Waals surface area contributed by atoms with Crippen molar-refractivity contribution in [3.05, 3.63) is 53.1 Å². The van der Waals surface area contributed by atoms with Crippen LogP contribution in [0.25, 0.3) is 0 Å². The second-order valence-corrected chi connectivity index (χ2v) is 9.15. The molecule has 0 unspecified atom stereocenters. The van der Waals surface area contributed by atoms with Gasteiger partial charge in [0.2, 0.25) is 15.9 Å². The van der Waals surface area contributed by atoms with E-state index in [9.17, 15) is 13.2 Å². The highest BCUT2D eigenvalue weighted by atomic mass is 32.2. The molecule has 0 bridgehead atoms. The Morgan fingerprint density at radius 2 is 1.72 bits per heavy atom. The summed E-state index contributed by atoms with van der Waals surface area (Å²) in [7, 11) is -3.62. The molecular weight excluding hydrogens is 390 g/mol. The summed E-state index contributed by atoms with van der Waals surface area (Å²) in [4.78, 5) is 12.6. The molecule has 0 radical (unpaired) electrons. The fourth-order valence-electron chi connectivity index (χ4n) is 3.21. The minimum atomic E-state index is -3.62. The first-order valence-corrected chi connectivity index (χ1v) is 11.0. The summed E-state index contributed by atoms with van der Waals surface area (Å²) >= 11 is 0. The number of nitrogens with one attached hydrogen (secondary N) is 2. The van der Waals surface area contributed by atoms with E-state index in [-0.39, 0.29) is 17.3 Å². The smallest absolute Gasteiger partial charge is 0.243 e. The van der Waals surface area contributed by atoms with E-state index < -0.39 is 10.0 Å². The standard InChI is InChI=1S/C21H27N3O4S/c1-15-4-7-19(17(3)12-15)22-14-21(25)23-20-13-18(6-5-16(20)2)29(26,27)24-8-10-28-11-9-24/h4-7,12-13,22H,8-11,14H2,1-3H3,(H,23,25). The number of carbonyl (C=O) groups excluding carboxylic acids is 1. The predicted molar refractivity (Wildman–Crippen MR) is 114 cm³/mol. The van der Waals surface area contributed by atoms with Crippen LogP contribution < -0.4 is 10.6 Å². The van der Waals surface area contributed by atoms with Gasteiger partial charge in [0.1, 0.15) is 0 Å². The Bertz CT molecular complexity index is 999. The molecule has 29 heavy (non-hydrogen) atoms. The normalized spacial score (nSPS) is 15.1. The predicted octanol–water partition coefficient (Wildman–Crippen LogP) is 2.68. The molecule has 3 rings (SSSR count). The van der Waals surface area contributed by atoms with Gasteiger partial charge in [-0.25, -0.2) is 8.42 Å². The van der Waals surface area contributed by atoms with Crippen LogP contribution in [0.4, 0.5) is 11.4 Å². The highest BCUT2D eigenvalue weighted by molar-refractivity contribution is 7.89. The van der Waals surface area contributed by atoms with Crippen LogP contribution in [0.2, 0.25) is 0 Å². The van der Waals surface area contributed by atoms with Crippen molar-refractivity contribution in [2.24, 2.45) is 0 Å². The van der Waals surface area contributed by atoms with Gasteiger partial charge in [0, 0.05) is 24.5 Å². The van der Waals surface area contributed by atoms with Crippen molar-refractivity contribution in [1.29, 1.82) is 0 Å². The van der Waals surface area contributed by atoms with E-state index in [1.807, 2.05) is 39.0 Å². The average Bonchev–Trinajstić information content (AvgIpc) is 2.69. The molecule has 1 aliphatic rings. The van der Waals surface area contributed by atoms with Crippen LogP contribution in [-0.4, -0.2) is 51.5 Å². The van der Waals surface area contributed by atoms with Gasteiger partial charge in [-0.3, -0.25) is 4.79 Å². The lowest BCUT2D eigenvalue weighted by Gasteiger charge is -2.26. The number of benzene rings is 2. The summed E-state index contributed by atoms with van der Waals surface area (Å²) in [6.45, 7) is 7.36. The van der Waals surface area contributed by atoms with Gasteiger partial charge in [0.15, 0.2) is 0 Å². The molecule has 2 N–H and O–H groups in total. The first-order chi connectivity index (χ1) is 13.8. The Labute approximate surface area is 172 Å². The van der Waals surface area contributed by atoms with Crippen LogP contribution in [0, 0.1) is 20.8 Å². The summed E-state index contributed by atoms with van der Waals surface area (Å²) in [5.41, 5.74) is 4.41. The van der Waals surface area contributed by atoms with Gasteiger partial charge in [0.05, 0.1) is 24.7 Å². The monoisotopic (exact) mass is 417 g/mol. The zero-order chi connectivity index (χ0) is 21.0. The molecular formula is C21H27N3O4S. The largest absolute Gasteiger partial charge is 0.379 e. The Morgan fingerprint density at radius 3 is 2.41 bits per heavy atom. The number of hydrogen-bond donors (Lipinski definition) is 2. The molecule has 0 spiro atoms. The first kappa shape index (κ1) is 21.3. The van der Waals surface area contributed by atoms with Crippen molar-refractivity contribution in [3.8, 4) is 0 Å². The van der Waals surface area contributed by atoms with Crippen LogP contribution >= 0.6 is 0 Å². The minimum Gasteiger partial charge on any atom is -0.379 e. The number of nitrogens with zero attached hydrogens (tertiary/aromatic N) is 1. The zero-order valence-corrected chi connectivity index (χ0v) is 17.8. The lowest BCUT2D eigenvalue weighted by molar-refractivity contribution is -0.114. The van der Waals surface area contributed by atoms with Gasteiger partial charge in [-0.2, -0.15) is 4.31 Å². The zero-order valence-electron chi connectivity index (χ0n) is 17.0. The third-order valence-electron chi connectivity index (χ3n) is 4.91. The van der Waals surface area contributed by atoms with Crippen LogP contribution in [0.15, 0.2) is 41.3 Å². The van der Waals surface area contributed by atoms with E-state index in [1.54, 1.807) is 12.1 Å². The minimum absolute atomic E-state index is 0.0871. The average molecular weight is 418 g/mol. The Morgan fingerprint density at radius 1 is 1.00 bits per heavy atom. The van der Waals surface area contributed by atoms with E-state index in [2.05, 4.69) is 10.6 Å². The van der Waals surface area contributed by atoms with Gasteiger partial charge < -0.3 is 15.4 Å². The number of anilines is 2. The van der Waals surface area contributed by atoms with Crippen molar-refractivity contribution in [2.75, 3.05) is 43.5 Å². The molecule has 7 nitrogen and oxygen atoms in total. The van der Waals surface area contributed by atoms with Crippen molar-refractivity contribution < 1.29 is 17.9 Å². The van der Waals surface area contributed by atoms with Crippen molar-refractivity contribution >= 4 is 27.3 Å². The van der Waals surface area contributed by atoms with E-state index in [0.717, 1.165) is 22.4 Å².